The van der Waals surface area contributed by atoms with Crippen molar-refractivity contribution in [3.05, 3.63) is 30.2 Å². The molecule has 2 N–H and O–H groups in total. The summed E-state index contributed by atoms with van der Waals surface area (Å²) in [4.78, 5) is 30.1. The zero-order valence-corrected chi connectivity index (χ0v) is 13.0. The number of piperidine rings is 1. The summed E-state index contributed by atoms with van der Waals surface area (Å²) in [7, 11) is 1.64. The molecule has 8 heteroatoms. The van der Waals surface area contributed by atoms with Crippen molar-refractivity contribution in [1.82, 2.24) is 30.1 Å². The molecule has 3 heterocycles. The number of fused-ring (bicyclic) bond motifs is 1. The van der Waals surface area contributed by atoms with E-state index in [1.807, 2.05) is 0 Å². The van der Waals surface area contributed by atoms with Crippen LogP contribution in [0.4, 0.5) is 0 Å². The molecule has 0 aromatic carbocycles. The number of nitrogens with one attached hydrogen (secondary N) is 2. The second-order valence-electron chi connectivity index (χ2n) is 5.64. The van der Waals surface area contributed by atoms with Crippen LogP contribution in [-0.2, 0) is 4.79 Å². The molecule has 1 aliphatic rings. The van der Waals surface area contributed by atoms with Gasteiger partial charge in [0.05, 0.1) is 12.7 Å². The van der Waals surface area contributed by atoms with Crippen molar-refractivity contribution in [3.63, 3.8) is 0 Å². The van der Waals surface area contributed by atoms with Crippen molar-refractivity contribution in [1.29, 1.82) is 0 Å². The molecule has 1 saturated heterocycles. The van der Waals surface area contributed by atoms with Gasteiger partial charge in [-0.25, -0.2) is 9.50 Å². The number of amides is 2. The van der Waals surface area contributed by atoms with Gasteiger partial charge in [-0.3, -0.25) is 14.5 Å². The fourth-order valence-corrected chi connectivity index (χ4v) is 2.77. The first-order valence-corrected chi connectivity index (χ1v) is 7.69. The first-order valence-electron chi connectivity index (χ1n) is 7.69. The smallest absolute Gasteiger partial charge is 0.256 e. The quantitative estimate of drug-likeness (QED) is 0.806. The Hall–Kier alpha value is -2.48. The average molecular weight is 316 g/mol. The van der Waals surface area contributed by atoms with E-state index in [1.54, 1.807) is 36.2 Å². The van der Waals surface area contributed by atoms with Crippen molar-refractivity contribution >= 4 is 17.5 Å². The van der Waals surface area contributed by atoms with E-state index in [0.29, 0.717) is 17.8 Å². The summed E-state index contributed by atoms with van der Waals surface area (Å²) < 4.78 is 1.58. The molecule has 3 rings (SSSR count). The van der Waals surface area contributed by atoms with Crippen LogP contribution in [-0.4, -0.2) is 64.0 Å². The first-order chi connectivity index (χ1) is 11.2. The number of carbonyl (C=O) groups excluding carboxylic acids is 2. The lowest BCUT2D eigenvalue weighted by Gasteiger charge is -2.31. The second kappa shape index (κ2) is 6.74. The highest BCUT2D eigenvalue weighted by atomic mass is 16.2. The van der Waals surface area contributed by atoms with Gasteiger partial charge in [0.1, 0.15) is 5.56 Å². The first kappa shape index (κ1) is 15.4. The summed E-state index contributed by atoms with van der Waals surface area (Å²) in [6, 6.07) is 1.88. The predicted octanol–water partition coefficient (Wildman–Crippen LogP) is -0.330. The van der Waals surface area contributed by atoms with Crippen LogP contribution < -0.4 is 10.6 Å². The molecular weight excluding hydrogens is 296 g/mol. The molecule has 0 saturated carbocycles. The van der Waals surface area contributed by atoms with E-state index in [-0.39, 0.29) is 17.9 Å². The van der Waals surface area contributed by atoms with Crippen LogP contribution in [0, 0.1) is 0 Å². The number of hydrogen-bond donors (Lipinski definition) is 2. The molecule has 0 atom stereocenters. The van der Waals surface area contributed by atoms with E-state index >= 15 is 0 Å². The number of carbonyl (C=O) groups is 2. The van der Waals surface area contributed by atoms with Crippen molar-refractivity contribution in [2.45, 2.75) is 18.9 Å². The van der Waals surface area contributed by atoms with Gasteiger partial charge in [0, 0.05) is 38.6 Å². The molecule has 122 valence electrons. The normalized spacial score (nSPS) is 16.4. The van der Waals surface area contributed by atoms with Crippen molar-refractivity contribution in [2.75, 3.05) is 26.7 Å². The Morgan fingerprint density at radius 3 is 2.87 bits per heavy atom. The van der Waals surface area contributed by atoms with E-state index in [2.05, 4.69) is 25.6 Å². The molecule has 2 aromatic heterocycles. The number of nitrogens with zero attached hydrogens (tertiary/aromatic N) is 4. The molecule has 0 aliphatic carbocycles. The van der Waals surface area contributed by atoms with Gasteiger partial charge in [-0.2, -0.15) is 5.10 Å². The SMILES string of the molecule is CNC(=O)CN1CCC(NC(=O)c2cnn3cccnc23)CC1. The topological polar surface area (TPSA) is 91.6 Å². The maximum Gasteiger partial charge on any atom is 0.256 e. The largest absolute Gasteiger partial charge is 0.358 e. The Morgan fingerprint density at radius 1 is 1.35 bits per heavy atom. The van der Waals surface area contributed by atoms with Crippen LogP contribution in [0.2, 0.25) is 0 Å². The van der Waals surface area contributed by atoms with Crippen LogP contribution in [0.25, 0.3) is 5.65 Å². The molecule has 8 nitrogen and oxygen atoms in total. The van der Waals surface area contributed by atoms with Gasteiger partial charge in [0.2, 0.25) is 5.91 Å². The summed E-state index contributed by atoms with van der Waals surface area (Å²) in [5, 5.41) is 9.79. The summed E-state index contributed by atoms with van der Waals surface area (Å²) in [6.07, 6.45) is 6.60. The van der Waals surface area contributed by atoms with Crippen LogP contribution in [0.3, 0.4) is 0 Å². The highest BCUT2D eigenvalue weighted by Crippen LogP contribution is 2.12. The second-order valence-corrected chi connectivity index (χ2v) is 5.64. The molecule has 2 amide bonds. The van der Waals surface area contributed by atoms with E-state index in [0.717, 1.165) is 25.9 Å². The maximum absolute atomic E-state index is 12.4. The third-order valence-corrected chi connectivity index (χ3v) is 4.09. The van der Waals surface area contributed by atoms with Crippen LogP contribution in [0.5, 0.6) is 0 Å². The zero-order chi connectivity index (χ0) is 16.2. The van der Waals surface area contributed by atoms with Gasteiger partial charge in [0.15, 0.2) is 5.65 Å². The lowest BCUT2D eigenvalue weighted by Crippen LogP contribution is -2.47. The highest BCUT2D eigenvalue weighted by molar-refractivity contribution is 5.99. The third kappa shape index (κ3) is 3.48. The van der Waals surface area contributed by atoms with Crippen LogP contribution >= 0.6 is 0 Å². The number of likely N-dealkylation sites (tertiary alicyclic amines) is 1. The number of rotatable bonds is 4. The van der Waals surface area contributed by atoms with E-state index in [9.17, 15) is 9.59 Å². The maximum atomic E-state index is 12.4. The van der Waals surface area contributed by atoms with Crippen molar-refractivity contribution in [3.8, 4) is 0 Å². The Bertz CT molecular complexity index is 705. The monoisotopic (exact) mass is 316 g/mol. The molecular formula is C15H20N6O2. The summed E-state index contributed by atoms with van der Waals surface area (Å²) in [5.41, 5.74) is 1.04. The van der Waals surface area contributed by atoms with Gasteiger partial charge >= 0.3 is 0 Å². The fraction of sp³-hybridized carbons (Fsp3) is 0.467. The van der Waals surface area contributed by atoms with Crippen molar-refractivity contribution in [2.24, 2.45) is 0 Å². The van der Waals surface area contributed by atoms with Crippen molar-refractivity contribution < 1.29 is 9.59 Å². The lowest BCUT2D eigenvalue weighted by molar-refractivity contribution is -0.122. The van der Waals surface area contributed by atoms with Crippen LogP contribution in [0.1, 0.15) is 23.2 Å². The van der Waals surface area contributed by atoms with E-state index in [1.165, 1.54) is 0 Å². The zero-order valence-electron chi connectivity index (χ0n) is 13.0. The van der Waals surface area contributed by atoms with E-state index in [4.69, 9.17) is 0 Å². The van der Waals surface area contributed by atoms with Gasteiger partial charge in [-0.15, -0.1) is 0 Å². The lowest BCUT2D eigenvalue weighted by atomic mass is 10.0. The molecule has 1 aliphatic heterocycles. The summed E-state index contributed by atoms with van der Waals surface area (Å²) in [6.45, 7) is 2.01. The molecule has 0 radical (unpaired) electrons. The van der Waals surface area contributed by atoms with E-state index < -0.39 is 0 Å². The Morgan fingerprint density at radius 2 is 2.13 bits per heavy atom. The molecule has 0 unspecified atom stereocenters. The fourth-order valence-electron chi connectivity index (χ4n) is 2.77. The predicted molar refractivity (Wildman–Crippen MR) is 84.0 cm³/mol. The average Bonchev–Trinajstić information content (AvgIpc) is 3.00. The molecule has 23 heavy (non-hydrogen) atoms. The molecule has 2 aromatic rings. The highest BCUT2D eigenvalue weighted by Gasteiger charge is 2.23. The molecule has 1 fully saturated rings. The Labute approximate surface area is 133 Å². The summed E-state index contributed by atoms with van der Waals surface area (Å²) >= 11 is 0. The van der Waals surface area contributed by atoms with Gasteiger partial charge in [0.25, 0.3) is 5.91 Å². The third-order valence-electron chi connectivity index (χ3n) is 4.09. The standard InChI is InChI=1S/C15H20N6O2/c1-16-13(22)10-20-7-3-11(4-8-20)19-15(23)12-9-18-21-6-2-5-17-14(12)21/h2,5-6,9,11H,3-4,7-8,10H2,1H3,(H,16,22)(H,19,23). The van der Waals surface area contributed by atoms with Gasteiger partial charge in [-0.1, -0.05) is 0 Å². The molecule has 0 spiro atoms. The minimum absolute atomic E-state index is 0.0184. The number of aromatic nitrogens is 3. The Balaban J connectivity index is 1.56. The minimum atomic E-state index is -0.150. The van der Waals surface area contributed by atoms with Crippen LogP contribution in [0.15, 0.2) is 24.7 Å². The minimum Gasteiger partial charge on any atom is -0.358 e. The van der Waals surface area contributed by atoms with Gasteiger partial charge in [-0.05, 0) is 18.9 Å². The summed E-state index contributed by atoms with van der Waals surface area (Å²) in [5.74, 6) is -0.131. The number of likely N-dealkylation sites (N-methyl/N-ethyl adjacent to an activating group) is 1. The number of hydrogen-bond acceptors (Lipinski definition) is 5. The Kier molecular flexibility index (Phi) is 4.52. The molecule has 0 bridgehead atoms. The van der Waals surface area contributed by atoms with Gasteiger partial charge < -0.3 is 10.6 Å².